The molecule has 1 aliphatic rings. The van der Waals surface area contributed by atoms with Gasteiger partial charge in [0.15, 0.2) is 0 Å². The van der Waals surface area contributed by atoms with Crippen LogP contribution in [0.1, 0.15) is 31.2 Å². The Balaban J connectivity index is 1.82. The zero-order valence-electron chi connectivity index (χ0n) is 10.3. The summed E-state index contributed by atoms with van der Waals surface area (Å²) in [6.45, 7) is 2.11. The lowest BCUT2D eigenvalue weighted by Crippen LogP contribution is -2.34. The molecule has 0 bridgehead atoms. The molecule has 3 heteroatoms. The van der Waals surface area contributed by atoms with Crippen LogP contribution in [0, 0.1) is 0 Å². The van der Waals surface area contributed by atoms with Crippen molar-refractivity contribution in [3.05, 3.63) is 34.3 Å². The van der Waals surface area contributed by atoms with Crippen LogP contribution < -0.4 is 5.32 Å². The Hall–Kier alpha value is 0.01000. The van der Waals surface area contributed by atoms with E-state index in [0.29, 0.717) is 4.75 Å². The molecule has 2 rings (SSSR count). The van der Waals surface area contributed by atoms with Crippen LogP contribution in [-0.4, -0.2) is 17.5 Å². The van der Waals surface area contributed by atoms with E-state index in [1.807, 2.05) is 11.8 Å². The molecule has 1 fully saturated rings. The second-order valence-electron chi connectivity index (χ2n) is 4.83. The molecule has 1 aromatic rings. The van der Waals surface area contributed by atoms with E-state index in [1.165, 1.54) is 31.2 Å². The predicted molar refractivity (Wildman–Crippen MR) is 80.6 cm³/mol. The van der Waals surface area contributed by atoms with Crippen molar-refractivity contribution in [1.29, 1.82) is 0 Å². The quantitative estimate of drug-likeness (QED) is 0.873. The summed E-state index contributed by atoms with van der Waals surface area (Å²) in [6.07, 6.45) is 7.81. The van der Waals surface area contributed by atoms with E-state index in [9.17, 15) is 0 Å². The Morgan fingerprint density at radius 2 is 2.12 bits per heavy atom. The lowest BCUT2D eigenvalue weighted by atomic mass is 10.1. The Bertz CT molecular complexity index is 361. The number of rotatable bonds is 5. The zero-order chi connectivity index (χ0) is 12.1. The smallest absolute Gasteiger partial charge is 0.0281 e. The molecule has 1 aromatic carbocycles. The van der Waals surface area contributed by atoms with Crippen molar-refractivity contribution in [2.24, 2.45) is 0 Å². The van der Waals surface area contributed by atoms with Crippen LogP contribution >= 0.6 is 27.7 Å². The first-order valence-electron chi connectivity index (χ1n) is 6.24. The maximum absolute atomic E-state index is 3.62. The molecule has 0 aromatic heterocycles. The first-order valence-corrected chi connectivity index (χ1v) is 8.26. The van der Waals surface area contributed by atoms with Crippen LogP contribution in [0.3, 0.4) is 0 Å². The van der Waals surface area contributed by atoms with Crippen molar-refractivity contribution in [3.63, 3.8) is 0 Å². The van der Waals surface area contributed by atoms with Crippen LogP contribution in [0.4, 0.5) is 0 Å². The number of halogens is 1. The largest absolute Gasteiger partial charge is 0.311 e. The fourth-order valence-electron chi connectivity index (χ4n) is 2.55. The Kier molecular flexibility index (Phi) is 4.95. The SMILES string of the molecule is CSC1(CNCc2cccc(Br)c2)CCCC1. The van der Waals surface area contributed by atoms with Crippen molar-refractivity contribution >= 4 is 27.7 Å². The van der Waals surface area contributed by atoms with Gasteiger partial charge in [-0.05, 0) is 36.8 Å². The normalized spacial score (nSPS) is 18.5. The lowest BCUT2D eigenvalue weighted by molar-refractivity contribution is 0.533. The van der Waals surface area contributed by atoms with Gasteiger partial charge >= 0.3 is 0 Å². The third kappa shape index (κ3) is 3.73. The second kappa shape index (κ2) is 6.26. The summed E-state index contributed by atoms with van der Waals surface area (Å²) < 4.78 is 1.67. The van der Waals surface area contributed by atoms with Gasteiger partial charge in [-0.3, -0.25) is 0 Å². The van der Waals surface area contributed by atoms with E-state index < -0.39 is 0 Å². The summed E-state index contributed by atoms with van der Waals surface area (Å²) in [5, 5.41) is 3.62. The summed E-state index contributed by atoms with van der Waals surface area (Å²) in [4.78, 5) is 0. The number of benzene rings is 1. The molecule has 0 unspecified atom stereocenters. The van der Waals surface area contributed by atoms with E-state index in [2.05, 4.69) is 51.8 Å². The minimum atomic E-state index is 0.506. The molecule has 0 radical (unpaired) electrons. The Morgan fingerprint density at radius 3 is 2.76 bits per heavy atom. The monoisotopic (exact) mass is 313 g/mol. The first-order chi connectivity index (χ1) is 8.24. The van der Waals surface area contributed by atoms with E-state index in [0.717, 1.165) is 17.6 Å². The van der Waals surface area contributed by atoms with Crippen molar-refractivity contribution in [2.75, 3.05) is 12.8 Å². The lowest BCUT2D eigenvalue weighted by Gasteiger charge is -2.27. The van der Waals surface area contributed by atoms with Crippen LogP contribution in [0.25, 0.3) is 0 Å². The standard InChI is InChI=1S/C14H20BrNS/c1-17-14(7-2-3-8-14)11-16-10-12-5-4-6-13(15)9-12/h4-6,9,16H,2-3,7-8,10-11H2,1H3. The molecule has 0 saturated heterocycles. The van der Waals surface area contributed by atoms with Gasteiger partial charge in [0.25, 0.3) is 0 Å². The van der Waals surface area contributed by atoms with Gasteiger partial charge in [0, 0.05) is 22.3 Å². The van der Waals surface area contributed by atoms with Gasteiger partial charge in [-0.1, -0.05) is 40.9 Å². The van der Waals surface area contributed by atoms with Crippen LogP contribution in [0.2, 0.25) is 0 Å². The highest BCUT2D eigenvalue weighted by Gasteiger charge is 2.32. The third-order valence-electron chi connectivity index (χ3n) is 3.61. The maximum Gasteiger partial charge on any atom is 0.0281 e. The van der Waals surface area contributed by atoms with Gasteiger partial charge in [0.2, 0.25) is 0 Å². The highest BCUT2D eigenvalue weighted by atomic mass is 79.9. The predicted octanol–water partition coefficient (Wildman–Crippen LogP) is 4.21. The van der Waals surface area contributed by atoms with Crippen LogP contribution in [-0.2, 0) is 6.54 Å². The number of hydrogen-bond donors (Lipinski definition) is 1. The van der Waals surface area contributed by atoms with E-state index in [-0.39, 0.29) is 0 Å². The second-order valence-corrected chi connectivity index (χ2v) is 7.02. The third-order valence-corrected chi connectivity index (χ3v) is 5.52. The summed E-state index contributed by atoms with van der Waals surface area (Å²) >= 11 is 5.56. The molecule has 0 amide bonds. The van der Waals surface area contributed by atoms with Crippen molar-refractivity contribution in [1.82, 2.24) is 5.32 Å². The van der Waals surface area contributed by atoms with E-state index in [4.69, 9.17) is 0 Å². The minimum Gasteiger partial charge on any atom is -0.311 e. The summed E-state index contributed by atoms with van der Waals surface area (Å²) in [5.74, 6) is 0. The maximum atomic E-state index is 3.62. The Morgan fingerprint density at radius 1 is 1.35 bits per heavy atom. The molecular formula is C14H20BrNS. The zero-order valence-corrected chi connectivity index (χ0v) is 12.7. The van der Waals surface area contributed by atoms with Gasteiger partial charge in [0.05, 0.1) is 0 Å². The molecule has 1 nitrogen and oxygen atoms in total. The van der Waals surface area contributed by atoms with Crippen molar-refractivity contribution in [3.8, 4) is 0 Å². The van der Waals surface area contributed by atoms with Gasteiger partial charge in [-0.15, -0.1) is 0 Å². The molecule has 1 N–H and O–H groups in total. The highest BCUT2D eigenvalue weighted by Crippen LogP contribution is 2.39. The van der Waals surface area contributed by atoms with Gasteiger partial charge in [-0.2, -0.15) is 11.8 Å². The molecule has 1 aliphatic carbocycles. The van der Waals surface area contributed by atoms with E-state index in [1.54, 1.807) is 0 Å². The molecule has 1 saturated carbocycles. The molecular weight excluding hydrogens is 294 g/mol. The van der Waals surface area contributed by atoms with Gasteiger partial charge in [-0.25, -0.2) is 0 Å². The molecule has 17 heavy (non-hydrogen) atoms. The average Bonchev–Trinajstić information content (AvgIpc) is 2.79. The number of nitrogens with one attached hydrogen (secondary N) is 1. The first kappa shape index (κ1) is 13.4. The molecule has 0 aliphatic heterocycles. The molecule has 94 valence electrons. The fourth-order valence-corrected chi connectivity index (χ4v) is 3.94. The number of thioether (sulfide) groups is 1. The van der Waals surface area contributed by atoms with Crippen LogP contribution in [0.15, 0.2) is 28.7 Å². The fraction of sp³-hybridized carbons (Fsp3) is 0.571. The average molecular weight is 314 g/mol. The molecule has 0 spiro atoms. The summed E-state index contributed by atoms with van der Waals surface area (Å²) in [7, 11) is 0. The minimum absolute atomic E-state index is 0.506. The molecule has 0 heterocycles. The van der Waals surface area contributed by atoms with Crippen LogP contribution in [0.5, 0.6) is 0 Å². The Labute approximate surface area is 117 Å². The van der Waals surface area contributed by atoms with E-state index >= 15 is 0 Å². The van der Waals surface area contributed by atoms with Gasteiger partial charge < -0.3 is 5.32 Å². The van der Waals surface area contributed by atoms with Gasteiger partial charge in [0.1, 0.15) is 0 Å². The van der Waals surface area contributed by atoms with Crippen molar-refractivity contribution < 1.29 is 0 Å². The number of hydrogen-bond acceptors (Lipinski definition) is 2. The topological polar surface area (TPSA) is 12.0 Å². The summed E-state index contributed by atoms with van der Waals surface area (Å²) in [5.41, 5.74) is 1.36. The highest BCUT2D eigenvalue weighted by molar-refractivity contribution is 9.10. The van der Waals surface area contributed by atoms with Crippen molar-refractivity contribution in [2.45, 2.75) is 37.0 Å². The molecule has 0 atom stereocenters. The summed E-state index contributed by atoms with van der Waals surface area (Å²) in [6, 6.07) is 8.54.